The highest BCUT2D eigenvalue weighted by Crippen LogP contribution is 2.35. The summed E-state index contributed by atoms with van der Waals surface area (Å²) in [5, 5.41) is 12.6. The molecular weight excluding hydrogens is 350 g/mol. The zero-order chi connectivity index (χ0) is 17.9. The lowest BCUT2D eigenvalue weighted by Crippen LogP contribution is -2.41. The molecular formula is C20H25NO4S. The maximum atomic E-state index is 10.4. The number of aliphatic hydroxyl groups is 1. The molecule has 0 unspecified atom stereocenters. The molecule has 2 aromatic rings. The highest BCUT2D eigenvalue weighted by Gasteiger charge is 2.28. The first-order valence-corrected chi connectivity index (χ1v) is 10.1. The van der Waals surface area contributed by atoms with E-state index in [9.17, 15) is 5.11 Å². The minimum absolute atomic E-state index is 0.276. The number of β-amino-alcohol motifs (C(OH)–C–C–N with tert-alkyl or cyclic N) is 1. The third-order valence-corrected chi connectivity index (χ3v) is 6.05. The Balaban J connectivity index is 1.27. The summed E-state index contributed by atoms with van der Waals surface area (Å²) in [7, 11) is 0. The van der Waals surface area contributed by atoms with E-state index in [1.54, 1.807) is 0 Å². The van der Waals surface area contributed by atoms with Crippen LogP contribution in [0.3, 0.4) is 0 Å². The molecule has 3 heterocycles. The molecule has 4 rings (SSSR count). The van der Waals surface area contributed by atoms with Crippen LogP contribution in [0, 0.1) is 0 Å². The lowest BCUT2D eigenvalue weighted by Gasteiger charge is -2.36. The first kappa shape index (κ1) is 17.8. The molecule has 0 bridgehead atoms. The molecule has 140 valence electrons. The van der Waals surface area contributed by atoms with Crippen LogP contribution >= 0.6 is 11.3 Å². The van der Waals surface area contributed by atoms with Crippen LogP contribution < -0.4 is 9.47 Å². The summed E-state index contributed by atoms with van der Waals surface area (Å²) in [6.45, 7) is 4.93. The van der Waals surface area contributed by atoms with Gasteiger partial charge in [0.1, 0.15) is 0 Å². The molecule has 2 aliphatic heterocycles. The molecule has 1 aromatic heterocycles. The second kappa shape index (κ2) is 7.96. The van der Waals surface area contributed by atoms with E-state index in [-0.39, 0.29) is 6.79 Å². The van der Waals surface area contributed by atoms with Crippen molar-refractivity contribution in [1.29, 1.82) is 0 Å². The Morgan fingerprint density at radius 2 is 2.19 bits per heavy atom. The second-order valence-electron chi connectivity index (χ2n) is 6.82. The van der Waals surface area contributed by atoms with Gasteiger partial charge in [-0.05, 0) is 47.5 Å². The van der Waals surface area contributed by atoms with E-state index in [1.807, 2.05) is 29.5 Å². The number of thiophene rings is 1. The molecule has 5 nitrogen and oxygen atoms in total. The van der Waals surface area contributed by atoms with Gasteiger partial charge in [0.2, 0.25) is 6.79 Å². The molecule has 1 aromatic carbocycles. The molecule has 0 saturated carbocycles. The monoisotopic (exact) mass is 375 g/mol. The molecule has 1 N–H and O–H groups in total. The maximum Gasteiger partial charge on any atom is 0.231 e. The van der Waals surface area contributed by atoms with Crippen LogP contribution in [0.15, 0.2) is 29.6 Å². The van der Waals surface area contributed by atoms with Gasteiger partial charge in [-0.2, -0.15) is 0 Å². The normalized spacial score (nSPS) is 20.2. The molecule has 0 aliphatic carbocycles. The summed E-state index contributed by atoms with van der Waals surface area (Å²) >= 11 is 1.85. The Morgan fingerprint density at radius 3 is 3.08 bits per heavy atom. The fourth-order valence-electron chi connectivity index (χ4n) is 3.81. The van der Waals surface area contributed by atoms with Crippen LogP contribution in [0.5, 0.6) is 11.5 Å². The van der Waals surface area contributed by atoms with E-state index in [0.29, 0.717) is 25.8 Å². The first-order valence-electron chi connectivity index (χ1n) is 9.19. The van der Waals surface area contributed by atoms with Crippen molar-refractivity contribution in [2.75, 3.05) is 26.5 Å². The number of rotatable bonds is 7. The third kappa shape index (κ3) is 3.74. The minimum atomic E-state index is -0.488. The fourth-order valence-corrected chi connectivity index (χ4v) is 4.74. The molecule has 6 heteroatoms. The average molecular weight is 375 g/mol. The van der Waals surface area contributed by atoms with E-state index < -0.39 is 6.10 Å². The smallest absolute Gasteiger partial charge is 0.231 e. The van der Waals surface area contributed by atoms with E-state index in [4.69, 9.17) is 14.2 Å². The molecule has 0 saturated heterocycles. The van der Waals surface area contributed by atoms with Crippen molar-refractivity contribution >= 4 is 11.3 Å². The van der Waals surface area contributed by atoms with Crippen LogP contribution in [0.25, 0.3) is 0 Å². The van der Waals surface area contributed by atoms with Crippen molar-refractivity contribution < 1.29 is 19.3 Å². The van der Waals surface area contributed by atoms with Gasteiger partial charge >= 0.3 is 0 Å². The highest BCUT2D eigenvalue weighted by atomic mass is 32.1. The fraction of sp³-hybridized carbons (Fsp3) is 0.500. The first-order chi connectivity index (χ1) is 12.7. The number of hydrogen-bond donors (Lipinski definition) is 1. The van der Waals surface area contributed by atoms with Crippen molar-refractivity contribution in [3.63, 3.8) is 0 Å². The zero-order valence-corrected chi connectivity index (χ0v) is 15.8. The Labute approximate surface area is 158 Å². The van der Waals surface area contributed by atoms with Gasteiger partial charge in [0.15, 0.2) is 11.5 Å². The summed E-state index contributed by atoms with van der Waals surface area (Å²) in [6.07, 6.45) is 1.65. The number of benzene rings is 1. The van der Waals surface area contributed by atoms with Crippen molar-refractivity contribution in [3.05, 3.63) is 45.6 Å². The number of aliphatic hydroxyl groups excluding tert-OH is 1. The summed E-state index contributed by atoms with van der Waals surface area (Å²) in [6, 6.07) is 8.45. The molecule has 0 radical (unpaired) electrons. The highest BCUT2D eigenvalue weighted by molar-refractivity contribution is 7.10. The summed E-state index contributed by atoms with van der Waals surface area (Å²) in [4.78, 5) is 3.89. The van der Waals surface area contributed by atoms with Crippen molar-refractivity contribution in [3.8, 4) is 11.5 Å². The quantitative estimate of drug-likeness (QED) is 0.804. The number of hydrogen-bond acceptors (Lipinski definition) is 6. The van der Waals surface area contributed by atoms with Gasteiger partial charge in [0.05, 0.1) is 19.3 Å². The Hall–Kier alpha value is -1.60. The van der Waals surface area contributed by atoms with Gasteiger partial charge in [-0.15, -0.1) is 11.3 Å². The van der Waals surface area contributed by atoms with Crippen molar-refractivity contribution in [2.45, 2.75) is 38.5 Å². The number of fused-ring (bicyclic) bond motifs is 2. The minimum Gasteiger partial charge on any atom is -0.454 e. The maximum absolute atomic E-state index is 10.4. The summed E-state index contributed by atoms with van der Waals surface area (Å²) < 4.78 is 16.4. The van der Waals surface area contributed by atoms with Crippen LogP contribution in [0.1, 0.15) is 35.4 Å². The Bertz CT molecular complexity index is 747. The third-order valence-electron chi connectivity index (χ3n) is 5.05. The molecule has 2 atom stereocenters. The zero-order valence-electron chi connectivity index (χ0n) is 15.0. The Kier molecular flexibility index (Phi) is 5.45. The molecule has 0 fully saturated rings. The standard InChI is InChI=1S/C20H25NO4S/c1-2-17-16-6-8-26-20(16)5-7-21(17)10-15(22)12-23-11-14-3-4-18-19(9-14)25-13-24-18/h3-4,6,8-9,15,17,22H,2,5,7,10-13H2,1H3/t15-,17-/m1/s1. The number of nitrogens with zero attached hydrogens (tertiary/aromatic N) is 1. The Morgan fingerprint density at radius 1 is 1.31 bits per heavy atom. The van der Waals surface area contributed by atoms with Crippen molar-refractivity contribution in [2.24, 2.45) is 0 Å². The number of ether oxygens (including phenoxy) is 3. The van der Waals surface area contributed by atoms with Gasteiger partial charge < -0.3 is 19.3 Å². The van der Waals surface area contributed by atoms with Crippen LogP contribution in [-0.4, -0.2) is 42.6 Å². The van der Waals surface area contributed by atoms with Gasteiger partial charge in [-0.25, -0.2) is 0 Å². The SMILES string of the molecule is CC[C@@H]1c2ccsc2CCN1C[C@@H](O)COCc1ccc2c(c1)OCO2. The van der Waals surface area contributed by atoms with Crippen molar-refractivity contribution in [1.82, 2.24) is 4.90 Å². The molecule has 0 spiro atoms. The molecule has 26 heavy (non-hydrogen) atoms. The van der Waals surface area contributed by atoms with E-state index in [1.165, 1.54) is 10.4 Å². The lowest BCUT2D eigenvalue weighted by molar-refractivity contribution is 0.000265. The van der Waals surface area contributed by atoms with Gasteiger partial charge in [-0.1, -0.05) is 13.0 Å². The van der Waals surface area contributed by atoms with Gasteiger partial charge in [0.25, 0.3) is 0 Å². The van der Waals surface area contributed by atoms with Gasteiger partial charge in [-0.3, -0.25) is 4.90 Å². The largest absolute Gasteiger partial charge is 0.454 e. The van der Waals surface area contributed by atoms with Crippen LogP contribution in [-0.2, 0) is 17.8 Å². The molecule has 0 amide bonds. The molecule has 2 aliphatic rings. The predicted octanol–water partition coefficient (Wildman–Crippen LogP) is 3.36. The van der Waals surface area contributed by atoms with Crippen LogP contribution in [0.4, 0.5) is 0 Å². The average Bonchev–Trinajstić information content (AvgIpc) is 3.30. The van der Waals surface area contributed by atoms with E-state index in [2.05, 4.69) is 23.3 Å². The predicted molar refractivity (Wildman–Crippen MR) is 101 cm³/mol. The topological polar surface area (TPSA) is 51.2 Å². The summed E-state index contributed by atoms with van der Waals surface area (Å²) in [5.41, 5.74) is 2.46. The lowest BCUT2D eigenvalue weighted by atomic mass is 9.97. The van der Waals surface area contributed by atoms with E-state index >= 15 is 0 Å². The second-order valence-corrected chi connectivity index (χ2v) is 7.83. The van der Waals surface area contributed by atoms with E-state index in [0.717, 1.165) is 36.4 Å². The summed E-state index contributed by atoms with van der Waals surface area (Å²) in [5.74, 6) is 1.54. The van der Waals surface area contributed by atoms with Gasteiger partial charge in [0, 0.05) is 24.0 Å². The van der Waals surface area contributed by atoms with Crippen LogP contribution in [0.2, 0.25) is 0 Å².